The quantitative estimate of drug-likeness (QED) is 0.611. The minimum atomic E-state index is -0.346. The number of likely N-dealkylation sites (tertiary alicyclic amines) is 1. The Hall–Kier alpha value is -1.50. The van der Waals surface area contributed by atoms with Gasteiger partial charge in [0, 0.05) is 37.8 Å². The minimum Gasteiger partial charge on any atom is -0.376 e. The molecule has 2 aliphatic rings. The van der Waals surface area contributed by atoms with E-state index in [9.17, 15) is 10.1 Å². The van der Waals surface area contributed by atoms with Crippen LogP contribution < -0.4 is 0 Å². The van der Waals surface area contributed by atoms with Crippen molar-refractivity contribution in [3.8, 4) is 0 Å². The van der Waals surface area contributed by atoms with Crippen molar-refractivity contribution in [1.29, 1.82) is 0 Å². The fraction of sp³-hybridized carbons (Fsp3) is 0.667. The average molecular weight is 333 g/mol. The highest BCUT2D eigenvalue weighted by Crippen LogP contribution is 2.20. The van der Waals surface area contributed by atoms with E-state index in [4.69, 9.17) is 4.74 Å². The van der Waals surface area contributed by atoms with Crippen molar-refractivity contribution in [3.05, 3.63) is 39.9 Å². The van der Waals surface area contributed by atoms with Gasteiger partial charge in [-0.05, 0) is 44.8 Å². The fourth-order valence-corrected chi connectivity index (χ4v) is 3.76. The van der Waals surface area contributed by atoms with E-state index in [-0.39, 0.29) is 10.6 Å². The molecule has 0 N–H and O–H groups in total. The van der Waals surface area contributed by atoms with Gasteiger partial charge in [0.2, 0.25) is 0 Å². The molecular formula is C18H27N3O3. The van der Waals surface area contributed by atoms with Gasteiger partial charge in [-0.3, -0.25) is 15.0 Å². The van der Waals surface area contributed by atoms with Crippen molar-refractivity contribution in [3.63, 3.8) is 0 Å². The van der Waals surface area contributed by atoms with Gasteiger partial charge in [-0.15, -0.1) is 0 Å². The number of rotatable bonds is 5. The number of piperidine rings is 1. The van der Waals surface area contributed by atoms with Crippen LogP contribution in [0.5, 0.6) is 0 Å². The molecule has 24 heavy (non-hydrogen) atoms. The number of benzene rings is 1. The summed E-state index contributed by atoms with van der Waals surface area (Å²) in [5.74, 6) is 0. The Bertz CT molecular complexity index is 541. The molecule has 132 valence electrons. The van der Waals surface area contributed by atoms with Crippen LogP contribution in [0.4, 0.5) is 5.69 Å². The summed E-state index contributed by atoms with van der Waals surface area (Å²) in [5, 5.41) is 10.7. The van der Waals surface area contributed by atoms with Crippen molar-refractivity contribution in [2.24, 2.45) is 0 Å². The minimum absolute atomic E-state index is 0.166. The van der Waals surface area contributed by atoms with E-state index in [0.717, 1.165) is 45.8 Å². The molecule has 3 rings (SSSR count). The maximum Gasteiger partial charge on any atom is 0.269 e. The van der Waals surface area contributed by atoms with E-state index in [0.29, 0.717) is 12.1 Å². The van der Waals surface area contributed by atoms with E-state index >= 15 is 0 Å². The summed E-state index contributed by atoms with van der Waals surface area (Å²) in [6.45, 7) is 8.47. The smallest absolute Gasteiger partial charge is 0.269 e. The second-order valence-electron chi connectivity index (χ2n) is 6.92. The van der Waals surface area contributed by atoms with E-state index in [1.165, 1.54) is 18.4 Å². The topological polar surface area (TPSA) is 58.9 Å². The van der Waals surface area contributed by atoms with Crippen LogP contribution in [-0.4, -0.2) is 66.2 Å². The summed E-state index contributed by atoms with van der Waals surface area (Å²) in [5.41, 5.74) is 1.34. The Balaban J connectivity index is 1.41. The van der Waals surface area contributed by atoms with E-state index < -0.39 is 0 Å². The molecule has 1 atom stereocenters. The molecule has 2 heterocycles. The van der Waals surface area contributed by atoms with Crippen LogP contribution in [0, 0.1) is 10.1 Å². The Labute approximate surface area is 143 Å². The molecule has 1 aromatic rings. The predicted molar refractivity (Wildman–Crippen MR) is 93.2 cm³/mol. The average Bonchev–Trinajstić information content (AvgIpc) is 2.61. The summed E-state index contributed by atoms with van der Waals surface area (Å²) in [6, 6.07) is 7.65. The Morgan fingerprint density at radius 2 is 1.92 bits per heavy atom. The Morgan fingerprint density at radius 1 is 1.21 bits per heavy atom. The summed E-state index contributed by atoms with van der Waals surface area (Å²) in [6.07, 6.45) is 3.77. The van der Waals surface area contributed by atoms with Gasteiger partial charge in [0.25, 0.3) is 5.69 Å². The number of non-ortho nitro benzene ring substituents is 1. The zero-order valence-corrected chi connectivity index (χ0v) is 14.4. The van der Waals surface area contributed by atoms with E-state index in [1.807, 2.05) is 12.1 Å². The third-order valence-corrected chi connectivity index (χ3v) is 5.21. The first-order valence-electron chi connectivity index (χ1n) is 8.93. The molecule has 6 nitrogen and oxygen atoms in total. The van der Waals surface area contributed by atoms with Crippen LogP contribution in [0.1, 0.15) is 25.3 Å². The highest BCUT2D eigenvalue weighted by atomic mass is 16.6. The number of morpholine rings is 1. The van der Waals surface area contributed by atoms with Crippen LogP contribution in [-0.2, 0) is 11.2 Å². The van der Waals surface area contributed by atoms with Gasteiger partial charge in [0.15, 0.2) is 0 Å². The van der Waals surface area contributed by atoms with Crippen molar-refractivity contribution in [2.75, 3.05) is 39.3 Å². The van der Waals surface area contributed by atoms with Gasteiger partial charge in [0.1, 0.15) is 0 Å². The zero-order valence-electron chi connectivity index (χ0n) is 14.4. The number of hydrogen-bond acceptors (Lipinski definition) is 5. The second kappa shape index (κ2) is 8.05. The van der Waals surface area contributed by atoms with E-state index in [2.05, 4.69) is 16.7 Å². The molecule has 2 saturated heterocycles. The number of nitro benzene ring substituents is 1. The molecule has 2 aliphatic heterocycles. The van der Waals surface area contributed by atoms with Crippen LogP contribution in [0.15, 0.2) is 24.3 Å². The maximum absolute atomic E-state index is 10.7. The van der Waals surface area contributed by atoms with Crippen molar-refractivity contribution >= 4 is 5.69 Å². The highest BCUT2D eigenvalue weighted by molar-refractivity contribution is 5.32. The number of nitro groups is 1. The first-order valence-corrected chi connectivity index (χ1v) is 8.93. The van der Waals surface area contributed by atoms with Gasteiger partial charge in [-0.2, -0.15) is 0 Å². The molecule has 0 spiro atoms. The predicted octanol–water partition coefficient (Wildman–Crippen LogP) is 2.32. The Morgan fingerprint density at radius 3 is 2.54 bits per heavy atom. The number of ether oxygens (including phenoxy) is 1. The fourth-order valence-electron chi connectivity index (χ4n) is 3.76. The normalized spacial score (nSPS) is 24.1. The molecule has 0 amide bonds. The first-order chi connectivity index (χ1) is 11.6. The van der Waals surface area contributed by atoms with Crippen molar-refractivity contribution in [2.45, 2.75) is 38.3 Å². The van der Waals surface area contributed by atoms with Crippen LogP contribution in [0.3, 0.4) is 0 Å². The molecule has 0 saturated carbocycles. The van der Waals surface area contributed by atoms with E-state index in [1.54, 1.807) is 12.1 Å². The summed E-state index contributed by atoms with van der Waals surface area (Å²) in [4.78, 5) is 15.5. The molecule has 0 unspecified atom stereocenters. The standard InChI is InChI=1S/C18H27N3O3/c1-15-14-20(12-13-24-15)17-7-10-19(11-8-17)9-6-16-2-4-18(5-3-16)21(22)23/h2-5,15,17H,6-14H2,1H3/t15-/m1/s1. The summed E-state index contributed by atoms with van der Waals surface area (Å²) >= 11 is 0. The molecule has 1 aromatic carbocycles. The molecule has 6 heteroatoms. The molecule has 2 fully saturated rings. The summed E-state index contributed by atoms with van der Waals surface area (Å²) in [7, 11) is 0. The third-order valence-electron chi connectivity index (χ3n) is 5.21. The largest absolute Gasteiger partial charge is 0.376 e. The monoisotopic (exact) mass is 333 g/mol. The van der Waals surface area contributed by atoms with Crippen molar-refractivity contribution < 1.29 is 9.66 Å². The van der Waals surface area contributed by atoms with Crippen molar-refractivity contribution in [1.82, 2.24) is 9.80 Å². The van der Waals surface area contributed by atoms with Gasteiger partial charge in [-0.1, -0.05) is 12.1 Å². The lowest BCUT2D eigenvalue weighted by Crippen LogP contribution is -2.51. The molecular weight excluding hydrogens is 306 g/mol. The van der Waals surface area contributed by atoms with Crippen LogP contribution in [0.25, 0.3) is 0 Å². The SMILES string of the molecule is C[C@@H]1CN(C2CCN(CCc3ccc([N+](=O)[O-])cc3)CC2)CCO1. The number of hydrogen-bond donors (Lipinski definition) is 0. The molecule has 0 aliphatic carbocycles. The van der Waals surface area contributed by atoms with Crippen LogP contribution >= 0.6 is 0 Å². The van der Waals surface area contributed by atoms with Gasteiger partial charge in [0.05, 0.1) is 17.6 Å². The van der Waals surface area contributed by atoms with Gasteiger partial charge < -0.3 is 9.64 Å². The van der Waals surface area contributed by atoms with Crippen LogP contribution in [0.2, 0.25) is 0 Å². The molecule has 0 bridgehead atoms. The lowest BCUT2D eigenvalue weighted by molar-refractivity contribution is -0.384. The first kappa shape index (κ1) is 17.3. The lowest BCUT2D eigenvalue weighted by Gasteiger charge is -2.41. The van der Waals surface area contributed by atoms with Gasteiger partial charge >= 0.3 is 0 Å². The second-order valence-corrected chi connectivity index (χ2v) is 6.92. The number of nitrogens with zero attached hydrogens (tertiary/aromatic N) is 3. The lowest BCUT2D eigenvalue weighted by atomic mass is 10.0. The Kier molecular flexibility index (Phi) is 5.81. The third kappa shape index (κ3) is 4.53. The molecule has 0 aromatic heterocycles. The zero-order chi connectivity index (χ0) is 16.9. The maximum atomic E-state index is 10.7. The van der Waals surface area contributed by atoms with Gasteiger partial charge in [-0.25, -0.2) is 0 Å². The highest BCUT2D eigenvalue weighted by Gasteiger charge is 2.27. The molecule has 0 radical (unpaired) electrons. The summed E-state index contributed by atoms with van der Waals surface area (Å²) < 4.78 is 5.64.